The van der Waals surface area contributed by atoms with Crippen LogP contribution >= 0.6 is 31.9 Å². The molecule has 2 rings (SSSR count). The van der Waals surface area contributed by atoms with Crippen molar-refractivity contribution < 1.29 is 4.74 Å². The van der Waals surface area contributed by atoms with Crippen molar-refractivity contribution >= 4 is 42.6 Å². The first-order chi connectivity index (χ1) is 8.18. The second kappa shape index (κ2) is 5.87. The number of hydrogen-bond donors (Lipinski definition) is 0. The van der Waals surface area contributed by atoms with E-state index >= 15 is 0 Å². The second-order valence-corrected chi connectivity index (χ2v) is 6.37. The van der Waals surface area contributed by atoms with E-state index in [0.29, 0.717) is 4.83 Å². The molecule has 1 atom stereocenters. The summed E-state index contributed by atoms with van der Waals surface area (Å²) >= 11 is 7.13. The Morgan fingerprint density at radius 1 is 1.18 bits per heavy atom. The van der Waals surface area contributed by atoms with Gasteiger partial charge in [-0.1, -0.05) is 53.2 Å². The first-order valence-corrected chi connectivity index (χ1v) is 7.33. The summed E-state index contributed by atoms with van der Waals surface area (Å²) in [5, 5.41) is 2.41. The quantitative estimate of drug-likeness (QED) is 0.687. The van der Waals surface area contributed by atoms with Gasteiger partial charge in [0.1, 0.15) is 5.75 Å². The zero-order chi connectivity index (χ0) is 12.3. The molecule has 0 saturated heterocycles. The summed E-state index contributed by atoms with van der Waals surface area (Å²) in [6.45, 7) is 2.85. The minimum Gasteiger partial charge on any atom is -0.492 e. The van der Waals surface area contributed by atoms with Gasteiger partial charge in [-0.25, -0.2) is 0 Å². The summed E-state index contributed by atoms with van der Waals surface area (Å²) < 4.78 is 6.82. The van der Waals surface area contributed by atoms with Gasteiger partial charge < -0.3 is 4.74 Å². The first-order valence-electron chi connectivity index (χ1n) is 5.62. The van der Waals surface area contributed by atoms with E-state index in [1.54, 1.807) is 0 Å². The maximum atomic E-state index is 5.78. The van der Waals surface area contributed by atoms with Gasteiger partial charge in [-0.15, -0.1) is 0 Å². The average molecular weight is 358 g/mol. The van der Waals surface area contributed by atoms with E-state index in [1.807, 2.05) is 18.2 Å². The molecule has 2 aromatic carbocycles. The molecule has 1 unspecified atom stereocenters. The topological polar surface area (TPSA) is 9.23 Å². The standard InChI is InChI=1S/C14H14Br2O/c1-10(15)8-9-17-13-7-6-11-4-2-3-5-12(11)14(13)16/h2-7,10H,8-9H2,1H3. The van der Waals surface area contributed by atoms with E-state index < -0.39 is 0 Å². The lowest BCUT2D eigenvalue weighted by molar-refractivity contribution is 0.310. The Morgan fingerprint density at radius 2 is 1.94 bits per heavy atom. The lowest BCUT2D eigenvalue weighted by Crippen LogP contribution is -2.03. The summed E-state index contributed by atoms with van der Waals surface area (Å²) in [4.78, 5) is 0.488. The maximum absolute atomic E-state index is 5.78. The second-order valence-electron chi connectivity index (χ2n) is 4.02. The van der Waals surface area contributed by atoms with Gasteiger partial charge >= 0.3 is 0 Å². The van der Waals surface area contributed by atoms with Crippen molar-refractivity contribution in [3.8, 4) is 5.75 Å². The van der Waals surface area contributed by atoms with Crippen LogP contribution in [0.3, 0.4) is 0 Å². The van der Waals surface area contributed by atoms with Crippen molar-refractivity contribution in [2.75, 3.05) is 6.61 Å². The molecule has 90 valence electrons. The van der Waals surface area contributed by atoms with Crippen molar-refractivity contribution in [3.63, 3.8) is 0 Å². The minimum absolute atomic E-state index is 0.488. The average Bonchev–Trinajstić information content (AvgIpc) is 2.32. The fourth-order valence-corrected chi connectivity index (χ4v) is 2.45. The van der Waals surface area contributed by atoms with E-state index in [0.717, 1.165) is 23.2 Å². The maximum Gasteiger partial charge on any atom is 0.134 e. The zero-order valence-corrected chi connectivity index (χ0v) is 12.8. The number of hydrogen-bond acceptors (Lipinski definition) is 1. The molecule has 0 N–H and O–H groups in total. The van der Waals surface area contributed by atoms with Gasteiger partial charge in [-0.2, -0.15) is 0 Å². The number of halogens is 2. The molecule has 0 saturated carbocycles. The van der Waals surface area contributed by atoms with Crippen LogP contribution in [0, 0.1) is 0 Å². The molecule has 0 aromatic heterocycles. The van der Waals surface area contributed by atoms with Crippen LogP contribution in [0.25, 0.3) is 10.8 Å². The molecule has 0 heterocycles. The van der Waals surface area contributed by atoms with Crippen LogP contribution in [0.4, 0.5) is 0 Å². The predicted molar refractivity (Wildman–Crippen MR) is 80.1 cm³/mol. The van der Waals surface area contributed by atoms with Crippen molar-refractivity contribution in [3.05, 3.63) is 40.9 Å². The number of rotatable bonds is 4. The number of alkyl halides is 1. The van der Waals surface area contributed by atoms with E-state index in [2.05, 4.69) is 57.0 Å². The van der Waals surface area contributed by atoms with Crippen molar-refractivity contribution in [1.29, 1.82) is 0 Å². The van der Waals surface area contributed by atoms with E-state index in [9.17, 15) is 0 Å². The normalized spacial score (nSPS) is 12.6. The van der Waals surface area contributed by atoms with Gasteiger partial charge in [0.25, 0.3) is 0 Å². The molecule has 0 aliphatic carbocycles. The molecule has 17 heavy (non-hydrogen) atoms. The fraction of sp³-hybridized carbons (Fsp3) is 0.286. The van der Waals surface area contributed by atoms with Crippen LogP contribution in [-0.4, -0.2) is 11.4 Å². The molecular weight excluding hydrogens is 344 g/mol. The molecule has 0 radical (unpaired) electrons. The van der Waals surface area contributed by atoms with E-state index in [4.69, 9.17) is 4.74 Å². The van der Waals surface area contributed by atoms with Crippen LogP contribution in [0.15, 0.2) is 40.9 Å². The Morgan fingerprint density at radius 3 is 2.71 bits per heavy atom. The van der Waals surface area contributed by atoms with Crippen LogP contribution in [0.5, 0.6) is 5.75 Å². The molecule has 0 amide bonds. The SMILES string of the molecule is CC(Br)CCOc1ccc2ccccc2c1Br. The number of benzene rings is 2. The van der Waals surface area contributed by atoms with Gasteiger partial charge in [-0.3, -0.25) is 0 Å². The Labute approximate surface area is 118 Å². The molecule has 2 aromatic rings. The van der Waals surface area contributed by atoms with Gasteiger partial charge in [-0.05, 0) is 39.2 Å². The van der Waals surface area contributed by atoms with Gasteiger partial charge in [0.05, 0.1) is 11.1 Å². The lowest BCUT2D eigenvalue weighted by atomic mass is 10.1. The predicted octanol–water partition coefficient (Wildman–Crippen LogP) is 5.15. The van der Waals surface area contributed by atoms with Crippen LogP contribution in [0.1, 0.15) is 13.3 Å². The smallest absolute Gasteiger partial charge is 0.134 e. The first kappa shape index (κ1) is 12.9. The highest BCUT2D eigenvalue weighted by molar-refractivity contribution is 9.10. The van der Waals surface area contributed by atoms with Crippen molar-refractivity contribution in [1.82, 2.24) is 0 Å². The summed E-state index contributed by atoms with van der Waals surface area (Å²) in [6, 6.07) is 12.4. The van der Waals surface area contributed by atoms with Gasteiger partial charge in [0.15, 0.2) is 0 Å². The third-order valence-corrected chi connectivity index (χ3v) is 3.88. The molecule has 0 spiro atoms. The monoisotopic (exact) mass is 356 g/mol. The Hall–Kier alpha value is -0.540. The Balaban J connectivity index is 2.21. The summed E-state index contributed by atoms with van der Waals surface area (Å²) in [5.74, 6) is 0.914. The molecule has 1 nitrogen and oxygen atoms in total. The zero-order valence-electron chi connectivity index (χ0n) is 9.62. The highest BCUT2D eigenvalue weighted by Crippen LogP contribution is 2.33. The van der Waals surface area contributed by atoms with Crippen LogP contribution in [-0.2, 0) is 0 Å². The highest BCUT2D eigenvalue weighted by Gasteiger charge is 2.06. The lowest BCUT2D eigenvalue weighted by Gasteiger charge is -2.11. The Bertz CT molecular complexity index is 509. The highest BCUT2D eigenvalue weighted by atomic mass is 79.9. The largest absolute Gasteiger partial charge is 0.492 e. The van der Waals surface area contributed by atoms with Gasteiger partial charge in [0, 0.05) is 4.83 Å². The van der Waals surface area contributed by atoms with E-state index in [-0.39, 0.29) is 0 Å². The van der Waals surface area contributed by atoms with Crippen LogP contribution in [0.2, 0.25) is 0 Å². The summed E-state index contributed by atoms with van der Waals surface area (Å²) in [6.07, 6.45) is 0.999. The number of fused-ring (bicyclic) bond motifs is 1. The molecule has 3 heteroatoms. The van der Waals surface area contributed by atoms with Crippen molar-refractivity contribution in [2.45, 2.75) is 18.2 Å². The van der Waals surface area contributed by atoms with Gasteiger partial charge in [0.2, 0.25) is 0 Å². The molecule has 0 aliphatic heterocycles. The third-order valence-electron chi connectivity index (χ3n) is 2.60. The van der Waals surface area contributed by atoms with Crippen LogP contribution < -0.4 is 4.74 Å². The van der Waals surface area contributed by atoms with Crippen molar-refractivity contribution in [2.24, 2.45) is 0 Å². The molecule has 0 bridgehead atoms. The molecular formula is C14H14Br2O. The third kappa shape index (κ3) is 3.23. The summed E-state index contributed by atoms with van der Waals surface area (Å²) in [5.41, 5.74) is 0. The molecule has 0 aliphatic rings. The summed E-state index contributed by atoms with van der Waals surface area (Å²) in [7, 11) is 0. The Kier molecular flexibility index (Phi) is 4.46. The van der Waals surface area contributed by atoms with E-state index in [1.165, 1.54) is 10.8 Å². The fourth-order valence-electron chi connectivity index (χ4n) is 1.66. The minimum atomic E-state index is 0.488. The number of ether oxygens (including phenoxy) is 1. The molecule has 0 fully saturated rings.